The summed E-state index contributed by atoms with van der Waals surface area (Å²) in [7, 11) is 1.69. The molecule has 0 bridgehead atoms. The SMILES string of the molecule is CNCC(O)c1cc(C)cc(Cl)c1F. The lowest BCUT2D eigenvalue weighted by molar-refractivity contribution is 0.173. The van der Waals surface area contributed by atoms with Crippen molar-refractivity contribution in [3.8, 4) is 0 Å². The standard InChI is InChI=1S/C10H13ClFNO/c1-6-3-7(9(14)5-13-2)10(12)8(11)4-6/h3-4,9,13-14H,5H2,1-2H3. The van der Waals surface area contributed by atoms with E-state index in [4.69, 9.17) is 11.6 Å². The molecule has 1 aromatic rings. The summed E-state index contributed by atoms with van der Waals surface area (Å²) in [5.74, 6) is -0.542. The second-order valence-electron chi connectivity index (χ2n) is 3.22. The predicted octanol–water partition coefficient (Wildman–Crippen LogP) is 2.04. The lowest BCUT2D eigenvalue weighted by Crippen LogP contribution is -2.17. The average Bonchev–Trinajstić information content (AvgIpc) is 2.11. The molecule has 4 heteroatoms. The molecule has 2 nitrogen and oxygen atoms in total. The van der Waals surface area contributed by atoms with Crippen molar-refractivity contribution in [2.75, 3.05) is 13.6 Å². The summed E-state index contributed by atoms with van der Waals surface area (Å²) in [6.45, 7) is 2.11. The molecule has 1 aromatic carbocycles. The van der Waals surface area contributed by atoms with Gasteiger partial charge in [0.1, 0.15) is 5.82 Å². The Hall–Kier alpha value is -0.640. The van der Waals surface area contributed by atoms with Gasteiger partial charge in [-0.2, -0.15) is 0 Å². The first-order chi connectivity index (χ1) is 6.56. The summed E-state index contributed by atoms with van der Waals surface area (Å²) < 4.78 is 13.4. The fraction of sp³-hybridized carbons (Fsp3) is 0.400. The first-order valence-corrected chi connectivity index (χ1v) is 4.72. The molecule has 0 fully saturated rings. The van der Waals surface area contributed by atoms with Crippen LogP contribution in [-0.2, 0) is 0 Å². The topological polar surface area (TPSA) is 32.3 Å². The fourth-order valence-electron chi connectivity index (χ4n) is 1.30. The van der Waals surface area contributed by atoms with Gasteiger partial charge in [0.25, 0.3) is 0 Å². The van der Waals surface area contributed by atoms with Crippen molar-refractivity contribution >= 4 is 11.6 Å². The third-order valence-electron chi connectivity index (χ3n) is 1.96. The smallest absolute Gasteiger partial charge is 0.147 e. The second-order valence-corrected chi connectivity index (χ2v) is 3.63. The number of aliphatic hydroxyl groups is 1. The molecule has 14 heavy (non-hydrogen) atoms. The van der Waals surface area contributed by atoms with E-state index < -0.39 is 11.9 Å². The van der Waals surface area contributed by atoms with Gasteiger partial charge in [-0.25, -0.2) is 4.39 Å². The lowest BCUT2D eigenvalue weighted by atomic mass is 10.1. The van der Waals surface area contributed by atoms with Gasteiger partial charge >= 0.3 is 0 Å². The van der Waals surface area contributed by atoms with Crippen molar-refractivity contribution < 1.29 is 9.50 Å². The minimum absolute atomic E-state index is 0.0511. The number of rotatable bonds is 3. The van der Waals surface area contributed by atoms with Gasteiger partial charge in [0.2, 0.25) is 0 Å². The Bertz CT molecular complexity index is 330. The molecule has 0 aromatic heterocycles. The molecular weight excluding hydrogens is 205 g/mol. The van der Waals surface area contributed by atoms with E-state index in [0.29, 0.717) is 6.54 Å². The molecule has 1 rings (SSSR count). The van der Waals surface area contributed by atoms with Crippen molar-refractivity contribution in [2.45, 2.75) is 13.0 Å². The van der Waals surface area contributed by atoms with Crippen molar-refractivity contribution in [1.29, 1.82) is 0 Å². The Morgan fingerprint density at radius 3 is 2.79 bits per heavy atom. The minimum Gasteiger partial charge on any atom is -0.387 e. The zero-order valence-corrected chi connectivity index (χ0v) is 8.90. The molecule has 0 amide bonds. The number of halogens is 2. The van der Waals surface area contributed by atoms with Crippen molar-refractivity contribution in [2.24, 2.45) is 0 Å². The number of nitrogens with one attached hydrogen (secondary N) is 1. The molecule has 0 saturated carbocycles. The van der Waals surface area contributed by atoms with Gasteiger partial charge in [0, 0.05) is 12.1 Å². The highest BCUT2D eigenvalue weighted by Gasteiger charge is 2.15. The van der Waals surface area contributed by atoms with Gasteiger partial charge in [-0.1, -0.05) is 17.7 Å². The van der Waals surface area contributed by atoms with Crippen molar-refractivity contribution in [3.63, 3.8) is 0 Å². The summed E-state index contributed by atoms with van der Waals surface area (Å²) in [5.41, 5.74) is 1.07. The van der Waals surface area contributed by atoms with E-state index in [9.17, 15) is 9.50 Å². The summed E-state index contributed by atoms with van der Waals surface area (Å²) in [4.78, 5) is 0. The number of aliphatic hydroxyl groups excluding tert-OH is 1. The Labute approximate surface area is 87.7 Å². The summed E-state index contributed by atoms with van der Waals surface area (Å²) in [5, 5.41) is 12.4. The molecule has 0 heterocycles. The van der Waals surface area contributed by atoms with Gasteiger partial charge in [0.05, 0.1) is 11.1 Å². The van der Waals surface area contributed by atoms with Crippen LogP contribution in [0.25, 0.3) is 0 Å². The van der Waals surface area contributed by atoms with Crippen LogP contribution in [0.3, 0.4) is 0 Å². The number of hydrogen-bond donors (Lipinski definition) is 2. The van der Waals surface area contributed by atoms with Crippen LogP contribution in [0.5, 0.6) is 0 Å². The fourth-order valence-corrected chi connectivity index (χ4v) is 1.58. The Morgan fingerprint density at radius 1 is 1.57 bits per heavy atom. The highest BCUT2D eigenvalue weighted by molar-refractivity contribution is 6.30. The van der Waals surface area contributed by atoms with E-state index in [1.165, 1.54) is 6.07 Å². The van der Waals surface area contributed by atoms with Crippen molar-refractivity contribution in [1.82, 2.24) is 5.32 Å². The molecule has 1 unspecified atom stereocenters. The highest BCUT2D eigenvalue weighted by atomic mass is 35.5. The molecule has 78 valence electrons. The quantitative estimate of drug-likeness (QED) is 0.812. The maximum absolute atomic E-state index is 13.4. The zero-order valence-electron chi connectivity index (χ0n) is 8.14. The van der Waals surface area contributed by atoms with E-state index in [1.807, 2.05) is 0 Å². The average molecular weight is 218 g/mol. The molecule has 0 radical (unpaired) electrons. The number of benzene rings is 1. The van der Waals surface area contributed by atoms with Crippen LogP contribution < -0.4 is 5.32 Å². The van der Waals surface area contributed by atoms with Gasteiger partial charge in [-0.3, -0.25) is 0 Å². The number of aryl methyl sites for hydroxylation is 1. The lowest BCUT2D eigenvalue weighted by Gasteiger charge is -2.12. The Morgan fingerprint density at radius 2 is 2.21 bits per heavy atom. The molecule has 2 N–H and O–H groups in total. The number of hydrogen-bond acceptors (Lipinski definition) is 2. The van der Waals surface area contributed by atoms with Crippen molar-refractivity contribution in [3.05, 3.63) is 34.1 Å². The largest absolute Gasteiger partial charge is 0.387 e. The van der Waals surface area contributed by atoms with Crippen LogP contribution >= 0.6 is 11.6 Å². The van der Waals surface area contributed by atoms with Crippen LogP contribution in [0.1, 0.15) is 17.2 Å². The minimum atomic E-state index is -0.864. The van der Waals surface area contributed by atoms with Crippen LogP contribution in [0.4, 0.5) is 4.39 Å². The zero-order chi connectivity index (χ0) is 10.7. The molecule has 0 aliphatic heterocycles. The summed E-state index contributed by atoms with van der Waals surface area (Å²) in [6, 6.07) is 3.13. The summed E-state index contributed by atoms with van der Waals surface area (Å²) >= 11 is 5.66. The van der Waals surface area contributed by atoms with Crippen LogP contribution in [-0.4, -0.2) is 18.7 Å². The molecular formula is C10H13ClFNO. The van der Waals surface area contributed by atoms with E-state index in [0.717, 1.165) is 5.56 Å². The van der Waals surface area contributed by atoms with Gasteiger partial charge in [-0.15, -0.1) is 0 Å². The maximum Gasteiger partial charge on any atom is 0.147 e. The van der Waals surface area contributed by atoms with E-state index >= 15 is 0 Å². The number of likely N-dealkylation sites (N-methyl/N-ethyl adjacent to an activating group) is 1. The van der Waals surface area contributed by atoms with Gasteiger partial charge in [-0.05, 0) is 25.6 Å². The predicted molar refractivity (Wildman–Crippen MR) is 55.0 cm³/mol. The molecule has 0 saturated heterocycles. The van der Waals surface area contributed by atoms with Crippen LogP contribution in [0.2, 0.25) is 5.02 Å². The van der Waals surface area contributed by atoms with Gasteiger partial charge in [0.15, 0.2) is 0 Å². The van der Waals surface area contributed by atoms with E-state index in [-0.39, 0.29) is 10.6 Å². The van der Waals surface area contributed by atoms with E-state index in [2.05, 4.69) is 5.32 Å². The first-order valence-electron chi connectivity index (χ1n) is 4.34. The highest BCUT2D eigenvalue weighted by Crippen LogP contribution is 2.25. The molecule has 0 spiro atoms. The third-order valence-corrected chi connectivity index (χ3v) is 2.23. The second kappa shape index (κ2) is 4.73. The third kappa shape index (κ3) is 2.44. The maximum atomic E-state index is 13.4. The van der Waals surface area contributed by atoms with E-state index in [1.54, 1.807) is 20.0 Å². The summed E-state index contributed by atoms with van der Waals surface area (Å²) in [6.07, 6.45) is -0.864. The first kappa shape index (κ1) is 11.4. The molecule has 1 atom stereocenters. The molecule has 0 aliphatic carbocycles. The monoisotopic (exact) mass is 217 g/mol. The van der Waals surface area contributed by atoms with Crippen LogP contribution in [0, 0.1) is 12.7 Å². The normalized spacial score (nSPS) is 12.9. The van der Waals surface area contributed by atoms with Crippen LogP contribution in [0.15, 0.2) is 12.1 Å². The Kier molecular flexibility index (Phi) is 3.86. The Balaban J connectivity index is 3.07. The van der Waals surface area contributed by atoms with Gasteiger partial charge < -0.3 is 10.4 Å². The molecule has 0 aliphatic rings.